The van der Waals surface area contributed by atoms with Gasteiger partial charge in [0.25, 0.3) is 0 Å². The molecule has 4 heteroatoms. The summed E-state index contributed by atoms with van der Waals surface area (Å²) in [5.41, 5.74) is -0.513. The lowest BCUT2D eigenvalue weighted by molar-refractivity contribution is -0.163. The van der Waals surface area contributed by atoms with E-state index in [4.69, 9.17) is 20.8 Å². The average molecular weight is 295 g/mol. The molecular weight excluding hydrogens is 276 g/mol. The van der Waals surface area contributed by atoms with Gasteiger partial charge in [-0.2, -0.15) is 0 Å². The zero-order valence-electron chi connectivity index (χ0n) is 11.8. The Morgan fingerprint density at radius 1 is 1.35 bits per heavy atom. The van der Waals surface area contributed by atoms with Crippen molar-refractivity contribution in [1.29, 1.82) is 0 Å². The fourth-order valence-electron chi connectivity index (χ4n) is 2.91. The van der Waals surface area contributed by atoms with Crippen molar-refractivity contribution in [2.24, 2.45) is 0 Å². The second-order valence-corrected chi connectivity index (χ2v) is 6.34. The van der Waals surface area contributed by atoms with E-state index in [2.05, 4.69) is 6.92 Å². The van der Waals surface area contributed by atoms with Crippen molar-refractivity contribution in [3.05, 3.63) is 35.0 Å². The third-order valence-corrected chi connectivity index (χ3v) is 4.55. The van der Waals surface area contributed by atoms with Crippen molar-refractivity contribution >= 4 is 22.6 Å². The van der Waals surface area contributed by atoms with Gasteiger partial charge in [-0.05, 0) is 37.6 Å². The van der Waals surface area contributed by atoms with Gasteiger partial charge in [0, 0.05) is 23.3 Å². The average Bonchev–Trinajstić information content (AvgIpc) is 2.82. The number of benzene rings is 1. The van der Waals surface area contributed by atoms with E-state index in [9.17, 15) is 5.11 Å². The summed E-state index contributed by atoms with van der Waals surface area (Å²) in [6.45, 7) is 4.65. The Bertz CT molecular complexity index is 636. The summed E-state index contributed by atoms with van der Waals surface area (Å²) in [5, 5.41) is 12.6. The molecule has 1 aliphatic heterocycles. The van der Waals surface area contributed by atoms with Crippen LogP contribution < -0.4 is 0 Å². The molecule has 3 nitrogen and oxygen atoms in total. The minimum atomic E-state index is -0.964. The summed E-state index contributed by atoms with van der Waals surface area (Å²) in [5.74, 6) is 0.609. The minimum Gasteiger partial charge on any atom is -0.458 e. The Balaban J connectivity index is 2.00. The number of furan rings is 1. The van der Waals surface area contributed by atoms with E-state index >= 15 is 0 Å². The molecule has 2 atom stereocenters. The Morgan fingerprint density at radius 2 is 2.15 bits per heavy atom. The van der Waals surface area contributed by atoms with Crippen molar-refractivity contribution in [2.75, 3.05) is 6.61 Å². The van der Waals surface area contributed by atoms with Crippen LogP contribution in [-0.2, 0) is 10.3 Å². The summed E-state index contributed by atoms with van der Waals surface area (Å²) in [6.07, 6.45) is 1.96. The van der Waals surface area contributed by atoms with Crippen LogP contribution in [0.15, 0.2) is 28.7 Å². The van der Waals surface area contributed by atoms with Crippen LogP contribution >= 0.6 is 11.6 Å². The molecule has 2 heterocycles. The molecule has 0 saturated carbocycles. The zero-order chi connectivity index (χ0) is 14.4. The molecule has 0 bridgehead atoms. The molecule has 1 aliphatic rings. The SMILES string of the molecule is CCC1(C)CC(O)(c2cc3cc(Cl)ccc3o2)CCO1. The predicted octanol–water partition coefficient (Wildman–Crippen LogP) is 4.25. The molecule has 1 saturated heterocycles. The van der Waals surface area contributed by atoms with Crippen LogP contribution in [0, 0.1) is 0 Å². The standard InChI is InChI=1S/C16H19ClO3/c1-3-15(2)10-16(18,6-7-19-15)14-9-11-8-12(17)4-5-13(11)20-14/h4-5,8-9,18H,3,6-7,10H2,1-2H3. The molecule has 0 radical (unpaired) electrons. The number of halogens is 1. The molecular formula is C16H19ClO3. The van der Waals surface area contributed by atoms with Crippen LogP contribution in [-0.4, -0.2) is 17.3 Å². The van der Waals surface area contributed by atoms with Crippen LogP contribution in [0.5, 0.6) is 0 Å². The van der Waals surface area contributed by atoms with Gasteiger partial charge in [0.05, 0.1) is 12.2 Å². The third kappa shape index (κ3) is 2.34. The molecule has 0 aliphatic carbocycles. The van der Waals surface area contributed by atoms with Crippen molar-refractivity contribution in [1.82, 2.24) is 0 Å². The summed E-state index contributed by atoms with van der Waals surface area (Å²) >= 11 is 5.99. The number of rotatable bonds is 2. The first kappa shape index (κ1) is 13.9. The van der Waals surface area contributed by atoms with E-state index < -0.39 is 5.60 Å². The maximum atomic E-state index is 11.0. The van der Waals surface area contributed by atoms with E-state index in [0.29, 0.717) is 30.2 Å². The monoisotopic (exact) mass is 294 g/mol. The Labute approximate surface area is 123 Å². The number of fused-ring (bicyclic) bond motifs is 1. The summed E-state index contributed by atoms with van der Waals surface area (Å²) in [7, 11) is 0. The fourth-order valence-corrected chi connectivity index (χ4v) is 3.09. The highest BCUT2D eigenvalue weighted by molar-refractivity contribution is 6.31. The Morgan fingerprint density at radius 3 is 2.90 bits per heavy atom. The Hall–Kier alpha value is -1.03. The second kappa shape index (κ2) is 4.76. The molecule has 1 aromatic heterocycles. The van der Waals surface area contributed by atoms with Crippen LogP contribution in [0.3, 0.4) is 0 Å². The Kier molecular flexibility index (Phi) is 3.32. The maximum absolute atomic E-state index is 11.0. The van der Waals surface area contributed by atoms with E-state index in [0.717, 1.165) is 17.4 Å². The van der Waals surface area contributed by atoms with Gasteiger partial charge in [0.15, 0.2) is 0 Å². The maximum Gasteiger partial charge on any atom is 0.137 e. The number of hydrogen-bond acceptors (Lipinski definition) is 3. The van der Waals surface area contributed by atoms with Crippen molar-refractivity contribution < 1.29 is 14.3 Å². The third-order valence-electron chi connectivity index (χ3n) is 4.32. The highest BCUT2D eigenvalue weighted by Crippen LogP contribution is 2.42. The number of hydrogen-bond donors (Lipinski definition) is 1. The van der Waals surface area contributed by atoms with E-state index in [1.807, 2.05) is 25.1 Å². The molecule has 108 valence electrons. The normalized spacial score (nSPS) is 30.8. The molecule has 0 amide bonds. The molecule has 3 rings (SSSR count). The first-order valence-electron chi connectivity index (χ1n) is 7.00. The van der Waals surface area contributed by atoms with Crippen LogP contribution in [0.4, 0.5) is 0 Å². The second-order valence-electron chi connectivity index (χ2n) is 5.90. The van der Waals surface area contributed by atoms with E-state index in [1.165, 1.54) is 0 Å². The topological polar surface area (TPSA) is 42.6 Å². The quantitative estimate of drug-likeness (QED) is 0.900. The van der Waals surface area contributed by atoms with E-state index in [1.54, 1.807) is 6.07 Å². The first-order valence-corrected chi connectivity index (χ1v) is 7.38. The number of aliphatic hydroxyl groups is 1. The summed E-state index contributed by atoms with van der Waals surface area (Å²) < 4.78 is 11.6. The van der Waals surface area contributed by atoms with E-state index in [-0.39, 0.29) is 5.60 Å². The van der Waals surface area contributed by atoms with Gasteiger partial charge in [-0.3, -0.25) is 0 Å². The summed E-state index contributed by atoms with van der Waals surface area (Å²) in [4.78, 5) is 0. The molecule has 2 aromatic rings. The zero-order valence-corrected chi connectivity index (χ0v) is 12.5. The van der Waals surface area contributed by atoms with Gasteiger partial charge in [0.2, 0.25) is 0 Å². The molecule has 0 spiro atoms. The van der Waals surface area contributed by atoms with Crippen molar-refractivity contribution in [2.45, 2.75) is 44.3 Å². The lowest BCUT2D eigenvalue weighted by Gasteiger charge is -2.42. The first-order chi connectivity index (χ1) is 9.44. The highest BCUT2D eigenvalue weighted by atomic mass is 35.5. The minimum absolute atomic E-state index is 0.302. The van der Waals surface area contributed by atoms with Crippen LogP contribution in [0.25, 0.3) is 11.0 Å². The van der Waals surface area contributed by atoms with Gasteiger partial charge in [-0.25, -0.2) is 0 Å². The molecule has 1 fully saturated rings. The molecule has 2 unspecified atom stereocenters. The van der Waals surface area contributed by atoms with Gasteiger partial charge in [-0.15, -0.1) is 0 Å². The highest BCUT2D eigenvalue weighted by Gasteiger charge is 2.44. The van der Waals surface area contributed by atoms with Crippen molar-refractivity contribution in [3.63, 3.8) is 0 Å². The van der Waals surface area contributed by atoms with Gasteiger partial charge >= 0.3 is 0 Å². The largest absolute Gasteiger partial charge is 0.458 e. The van der Waals surface area contributed by atoms with Crippen LogP contribution in [0.1, 0.15) is 38.9 Å². The molecule has 1 aromatic carbocycles. The summed E-state index contributed by atoms with van der Waals surface area (Å²) in [6, 6.07) is 7.37. The molecule has 1 N–H and O–H groups in total. The smallest absolute Gasteiger partial charge is 0.137 e. The van der Waals surface area contributed by atoms with Crippen LogP contribution in [0.2, 0.25) is 5.02 Å². The number of ether oxygens (including phenoxy) is 1. The van der Waals surface area contributed by atoms with Gasteiger partial charge < -0.3 is 14.3 Å². The van der Waals surface area contributed by atoms with Gasteiger partial charge in [0.1, 0.15) is 16.9 Å². The van der Waals surface area contributed by atoms with Gasteiger partial charge in [-0.1, -0.05) is 18.5 Å². The fraction of sp³-hybridized carbons (Fsp3) is 0.500. The molecule has 20 heavy (non-hydrogen) atoms. The lowest BCUT2D eigenvalue weighted by Crippen LogP contribution is -2.45. The predicted molar refractivity (Wildman–Crippen MR) is 79.0 cm³/mol. The van der Waals surface area contributed by atoms with Crippen molar-refractivity contribution in [3.8, 4) is 0 Å². The lowest BCUT2D eigenvalue weighted by atomic mass is 9.80.